The minimum absolute atomic E-state index is 0.0395. The Kier molecular flexibility index (Phi) is 8.78. The lowest BCUT2D eigenvalue weighted by Gasteiger charge is -2.46. The zero-order valence-electron chi connectivity index (χ0n) is 26.1. The van der Waals surface area contributed by atoms with E-state index in [1.807, 2.05) is 37.9 Å². The lowest BCUT2D eigenvalue weighted by atomic mass is 9.68. The highest BCUT2D eigenvalue weighted by molar-refractivity contribution is 7.90. The molecule has 5 atom stereocenters. The number of sulfonamides is 1. The van der Waals surface area contributed by atoms with Crippen LogP contribution in [0.2, 0.25) is 5.02 Å². The van der Waals surface area contributed by atoms with Gasteiger partial charge in [0.1, 0.15) is 5.75 Å². The van der Waals surface area contributed by atoms with Crippen molar-refractivity contribution in [3.8, 4) is 5.75 Å². The molecule has 0 unspecified atom stereocenters. The van der Waals surface area contributed by atoms with Crippen LogP contribution in [0.4, 0.5) is 5.69 Å². The molecule has 1 saturated carbocycles. The van der Waals surface area contributed by atoms with E-state index in [2.05, 4.69) is 27.8 Å². The fourth-order valence-corrected chi connectivity index (χ4v) is 9.14. The lowest BCUT2D eigenvalue weighted by molar-refractivity contribution is -0.125. The third-order valence-electron chi connectivity index (χ3n) is 10.3. The second kappa shape index (κ2) is 12.3. The van der Waals surface area contributed by atoms with E-state index in [9.17, 15) is 13.2 Å². The molecule has 6 rings (SSSR count). The van der Waals surface area contributed by atoms with Crippen LogP contribution >= 0.6 is 11.6 Å². The number of nitrogens with one attached hydrogen (secondary N) is 1. The van der Waals surface area contributed by atoms with Gasteiger partial charge in [0.05, 0.1) is 29.3 Å². The monoisotopic (exact) mass is 641 g/mol. The predicted molar refractivity (Wildman–Crippen MR) is 173 cm³/mol. The SMILES string of the molecule is CO[C@@H]1/C=C/CN(C)[C@@H](C(C)C)C(=O)NS(=O)(=O)c2ccc3c(c2)N(C[C@@H]2CC[C@H]21)C[C@@]1(CCCc2cc(Cl)ccc21)CO3. The van der Waals surface area contributed by atoms with Crippen LogP contribution < -0.4 is 14.4 Å². The summed E-state index contributed by atoms with van der Waals surface area (Å²) in [6.45, 7) is 6.30. The van der Waals surface area contributed by atoms with Gasteiger partial charge in [-0.25, -0.2) is 13.1 Å². The van der Waals surface area contributed by atoms with Gasteiger partial charge in [-0.05, 0) is 98.4 Å². The summed E-state index contributed by atoms with van der Waals surface area (Å²) < 4.78 is 42.4. The third kappa shape index (κ3) is 5.88. The molecule has 2 aromatic carbocycles. The molecule has 1 amide bonds. The summed E-state index contributed by atoms with van der Waals surface area (Å²) in [5.74, 6) is 0.733. The Hall–Kier alpha value is -2.59. The maximum Gasteiger partial charge on any atom is 0.264 e. The molecule has 4 aliphatic rings. The molecule has 1 fully saturated rings. The van der Waals surface area contributed by atoms with Crippen molar-refractivity contribution in [2.75, 3.05) is 45.3 Å². The van der Waals surface area contributed by atoms with E-state index >= 15 is 0 Å². The van der Waals surface area contributed by atoms with Gasteiger partial charge in [-0.1, -0.05) is 43.7 Å². The maximum absolute atomic E-state index is 13.7. The molecule has 2 heterocycles. The molecule has 10 heteroatoms. The highest BCUT2D eigenvalue weighted by Gasteiger charge is 2.44. The third-order valence-corrected chi connectivity index (χ3v) is 11.9. The number of anilines is 1. The number of hydrogen-bond acceptors (Lipinski definition) is 7. The van der Waals surface area contributed by atoms with Crippen molar-refractivity contribution >= 4 is 33.2 Å². The molecule has 44 heavy (non-hydrogen) atoms. The molecule has 0 saturated heterocycles. The van der Waals surface area contributed by atoms with Crippen LogP contribution in [0.25, 0.3) is 0 Å². The highest BCUT2D eigenvalue weighted by atomic mass is 35.5. The molecule has 8 nitrogen and oxygen atoms in total. The number of likely N-dealkylation sites (N-methyl/N-ethyl adjacent to an activating group) is 1. The zero-order valence-corrected chi connectivity index (χ0v) is 27.7. The minimum Gasteiger partial charge on any atom is -0.490 e. The van der Waals surface area contributed by atoms with Gasteiger partial charge in [-0.15, -0.1) is 0 Å². The number of nitrogens with zero attached hydrogens (tertiary/aromatic N) is 2. The van der Waals surface area contributed by atoms with Crippen molar-refractivity contribution in [1.29, 1.82) is 0 Å². The van der Waals surface area contributed by atoms with E-state index in [0.29, 0.717) is 37.3 Å². The van der Waals surface area contributed by atoms with Gasteiger partial charge in [0.15, 0.2) is 0 Å². The van der Waals surface area contributed by atoms with Crippen molar-refractivity contribution < 1.29 is 22.7 Å². The van der Waals surface area contributed by atoms with Gasteiger partial charge in [0.2, 0.25) is 0 Å². The van der Waals surface area contributed by atoms with E-state index in [1.165, 1.54) is 11.1 Å². The predicted octanol–water partition coefficient (Wildman–Crippen LogP) is 5.19. The molecule has 0 radical (unpaired) electrons. The number of rotatable bonds is 2. The van der Waals surface area contributed by atoms with Crippen molar-refractivity contribution in [1.82, 2.24) is 9.62 Å². The maximum atomic E-state index is 13.7. The van der Waals surface area contributed by atoms with Gasteiger partial charge in [-0.3, -0.25) is 9.69 Å². The van der Waals surface area contributed by atoms with Gasteiger partial charge in [-0.2, -0.15) is 0 Å². The molecule has 2 aliphatic carbocycles. The van der Waals surface area contributed by atoms with Crippen LogP contribution in [-0.4, -0.2) is 71.8 Å². The molecular formula is C34H44ClN3O5S. The van der Waals surface area contributed by atoms with Crippen molar-refractivity contribution in [3.05, 3.63) is 64.7 Å². The van der Waals surface area contributed by atoms with E-state index in [1.54, 1.807) is 25.3 Å². The van der Waals surface area contributed by atoms with Crippen LogP contribution in [0.3, 0.4) is 0 Å². The largest absolute Gasteiger partial charge is 0.490 e. The first-order valence-electron chi connectivity index (χ1n) is 15.8. The van der Waals surface area contributed by atoms with Gasteiger partial charge >= 0.3 is 0 Å². The first kappa shape index (κ1) is 31.4. The minimum atomic E-state index is -4.13. The number of halogens is 1. The molecule has 2 aromatic rings. The quantitative estimate of drug-likeness (QED) is 0.452. The number of aryl methyl sites for hydroxylation is 1. The summed E-state index contributed by atoms with van der Waals surface area (Å²) in [7, 11) is -0.517. The first-order valence-corrected chi connectivity index (χ1v) is 17.6. The second-order valence-electron chi connectivity index (χ2n) is 13.5. The smallest absolute Gasteiger partial charge is 0.264 e. The lowest BCUT2D eigenvalue weighted by Crippen LogP contribution is -2.50. The van der Waals surface area contributed by atoms with Gasteiger partial charge in [0.25, 0.3) is 15.9 Å². The van der Waals surface area contributed by atoms with Crippen LogP contribution in [0.15, 0.2) is 53.4 Å². The average molecular weight is 642 g/mol. The summed E-state index contributed by atoms with van der Waals surface area (Å²) in [5.41, 5.74) is 3.01. The highest BCUT2D eigenvalue weighted by Crippen LogP contribution is 2.47. The molecule has 1 N–H and O–H groups in total. The summed E-state index contributed by atoms with van der Waals surface area (Å²) in [4.78, 5) is 17.8. The first-order chi connectivity index (χ1) is 21.0. The number of ether oxygens (including phenoxy) is 2. The van der Waals surface area contributed by atoms with E-state index in [0.717, 1.165) is 49.4 Å². The van der Waals surface area contributed by atoms with Crippen LogP contribution in [0.1, 0.15) is 50.7 Å². The average Bonchev–Trinajstić information content (AvgIpc) is 3.10. The van der Waals surface area contributed by atoms with Crippen LogP contribution in [0, 0.1) is 17.8 Å². The van der Waals surface area contributed by atoms with Gasteiger partial charge < -0.3 is 14.4 Å². The molecule has 2 aliphatic heterocycles. The van der Waals surface area contributed by atoms with Crippen molar-refractivity contribution in [2.24, 2.45) is 17.8 Å². The van der Waals surface area contributed by atoms with Crippen LogP contribution in [0.5, 0.6) is 5.75 Å². The second-order valence-corrected chi connectivity index (χ2v) is 15.6. The molecule has 0 aromatic heterocycles. The van der Waals surface area contributed by atoms with E-state index in [-0.39, 0.29) is 22.3 Å². The Balaban J connectivity index is 1.44. The standard InChI is InChI=1S/C34H44ClN3O5S/c1-22(2)32-33(39)36-44(40,41)26-11-14-31-29(18-26)38(19-24-9-12-27(24)30(42-4)8-6-16-37(32)3)20-34(21-43-31)15-5-7-23-17-25(35)10-13-28(23)34/h6,8,10-11,13-14,17-18,22,24,27,30,32H,5,7,9,12,15-16,19-21H2,1-4H3,(H,36,39)/b8-6+/t24-,27+,30+,32-,34-/m0/s1. The Bertz CT molecular complexity index is 1550. The van der Waals surface area contributed by atoms with Crippen molar-refractivity contribution in [2.45, 2.75) is 68.4 Å². The molecule has 1 spiro atoms. The molecular weight excluding hydrogens is 598 g/mol. The number of methoxy groups -OCH3 is 1. The number of hydrogen-bond donors (Lipinski definition) is 1. The summed E-state index contributed by atoms with van der Waals surface area (Å²) in [6.07, 6.45) is 9.24. The number of carbonyl (C=O) groups excluding carboxylic acids is 1. The van der Waals surface area contributed by atoms with Crippen molar-refractivity contribution in [3.63, 3.8) is 0 Å². The number of benzene rings is 2. The Morgan fingerprint density at radius 2 is 1.98 bits per heavy atom. The summed E-state index contributed by atoms with van der Waals surface area (Å²) >= 11 is 6.41. The fraction of sp³-hybridized carbons (Fsp3) is 0.559. The summed E-state index contributed by atoms with van der Waals surface area (Å²) in [6, 6.07) is 10.6. The molecule has 238 valence electrons. The summed E-state index contributed by atoms with van der Waals surface area (Å²) in [5, 5.41) is 0.738. The topological polar surface area (TPSA) is 88.2 Å². The number of carbonyl (C=O) groups is 1. The van der Waals surface area contributed by atoms with E-state index in [4.69, 9.17) is 21.1 Å². The van der Waals surface area contributed by atoms with E-state index < -0.39 is 22.0 Å². The normalized spacial score (nSPS) is 31.2. The number of amides is 1. The fourth-order valence-electron chi connectivity index (χ4n) is 7.93. The Morgan fingerprint density at radius 1 is 1.16 bits per heavy atom. The Labute approximate surface area is 266 Å². The Morgan fingerprint density at radius 3 is 2.70 bits per heavy atom. The zero-order chi connectivity index (χ0) is 31.2. The van der Waals surface area contributed by atoms with Gasteiger partial charge in [0, 0.05) is 37.2 Å². The van der Waals surface area contributed by atoms with Crippen LogP contribution in [-0.2, 0) is 31.4 Å². The molecule has 2 bridgehead atoms. The number of fused-ring (bicyclic) bond motifs is 4.